The minimum absolute atomic E-state index is 0.165. The van der Waals surface area contributed by atoms with Crippen LogP contribution in [0.5, 0.6) is 11.5 Å². The number of amides is 1. The standard InChI is InChI=1S/C21H26N2O4/c1-4-6-16-7-10-18(11-8-16)23-21(24)15-27-22-14-17-9-12-19(26-5-2)20(13-17)25-3/h7-14H,4-6,15H2,1-3H3,(H,23,24)/b22-14+. The topological polar surface area (TPSA) is 69.2 Å². The second-order valence-electron chi connectivity index (χ2n) is 5.85. The highest BCUT2D eigenvalue weighted by molar-refractivity contribution is 5.91. The van der Waals surface area contributed by atoms with Crippen molar-refractivity contribution in [3.05, 3.63) is 53.6 Å². The fourth-order valence-corrected chi connectivity index (χ4v) is 2.47. The van der Waals surface area contributed by atoms with Crippen LogP contribution < -0.4 is 14.8 Å². The normalized spacial score (nSPS) is 10.6. The quantitative estimate of drug-likeness (QED) is 0.506. The van der Waals surface area contributed by atoms with Crippen molar-refractivity contribution in [1.82, 2.24) is 0 Å². The van der Waals surface area contributed by atoms with Gasteiger partial charge in [0.15, 0.2) is 18.1 Å². The monoisotopic (exact) mass is 370 g/mol. The highest BCUT2D eigenvalue weighted by atomic mass is 16.6. The molecule has 0 unspecified atom stereocenters. The Morgan fingerprint density at radius 1 is 1.11 bits per heavy atom. The van der Waals surface area contributed by atoms with Gasteiger partial charge in [-0.1, -0.05) is 30.6 Å². The first kappa shape index (κ1) is 20.3. The molecule has 1 N–H and O–H groups in total. The Bertz CT molecular complexity index is 757. The van der Waals surface area contributed by atoms with E-state index in [-0.39, 0.29) is 12.5 Å². The van der Waals surface area contributed by atoms with Gasteiger partial charge < -0.3 is 19.6 Å². The molecule has 0 atom stereocenters. The van der Waals surface area contributed by atoms with Crippen molar-refractivity contribution < 1.29 is 19.1 Å². The largest absolute Gasteiger partial charge is 0.493 e. The molecule has 2 aromatic rings. The number of rotatable bonds is 10. The summed E-state index contributed by atoms with van der Waals surface area (Å²) in [5.41, 5.74) is 2.77. The highest BCUT2D eigenvalue weighted by Gasteiger charge is 2.05. The van der Waals surface area contributed by atoms with E-state index in [0.29, 0.717) is 18.1 Å². The van der Waals surface area contributed by atoms with Gasteiger partial charge in [-0.3, -0.25) is 4.79 Å². The second-order valence-corrected chi connectivity index (χ2v) is 5.85. The predicted octanol–water partition coefficient (Wildman–Crippen LogP) is 4.04. The Morgan fingerprint density at radius 2 is 1.89 bits per heavy atom. The first-order chi connectivity index (χ1) is 13.2. The van der Waals surface area contributed by atoms with Crippen molar-refractivity contribution in [1.29, 1.82) is 0 Å². The third kappa shape index (κ3) is 6.66. The number of ether oxygens (including phenoxy) is 2. The number of nitrogens with one attached hydrogen (secondary N) is 1. The molecule has 2 aromatic carbocycles. The van der Waals surface area contributed by atoms with Crippen LogP contribution in [0.15, 0.2) is 47.6 Å². The molecule has 0 bridgehead atoms. The minimum atomic E-state index is -0.264. The van der Waals surface area contributed by atoms with Crippen LogP contribution in [0.25, 0.3) is 0 Å². The van der Waals surface area contributed by atoms with Crippen molar-refractivity contribution in [3.63, 3.8) is 0 Å². The Kier molecular flexibility index (Phi) is 8.16. The maximum atomic E-state index is 11.9. The summed E-state index contributed by atoms with van der Waals surface area (Å²) in [6, 6.07) is 13.2. The molecule has 0 radical (unpaired) electrons. The lowest BCUT2D eigenvalue weighted by Crippen LogP contribution is -2.16. The molecular formula is C21H26N2O4. The average molecular weight is 370 g/mol. The molecule has 0 aliphatic carbocycles. The molecule has 1 amide bonds. The molecule has 0 saturated heterocycles. The van der Waals surface area contributed by atoms with Crippen molar-refractivity contribution in [3.8, 4) is 11.5 Å². The number of methoxy groups -OCH3 is 1. The minimum Gasteiger partial charge on any atom is -0.493 e. The summed E-state index contributed by atoms with van der Waals surface area (Å²) >= 11 is 0. The number of hydrogen-bond donors (Lipinski definition) is 1. The van der Waals surface area contributed by atoms with Gasteiger partial charge in [0.2, 0.25) is 0 Å². The van der Waals surface area contributed by atoms with Gasteiger partial charge in [-0.15, -0.1) is 0 Å². The van der Waals surface area contributed by atoms with Crippen molar-refractivity contribution in [2.45, 2.75) is 26.7 Å². The molecule has 27 heavy (non-hydrogen) atoms. The van der Waals surface area contributed by atoms with Gasteiger partial charge in [0.25, 0.3) is 5.91 Å². The van der Waals surface area contributed by atoms with Crippen LogP contribution >= 0.6 is 0 Å². The Labute approximate surface area is 160 Å². The van der Waals surface area contributed by atoms with Crippen LogP contribution in [0, 0.1) is 0 Å². The summed E-state index contributed by atoms with van der Waals surface area (Å²) in [6.07, 6.45) is 3.64. The van der Waals surface area contributed by atoms with E-state index in [4.69, 9.17) is 14.3 Å². The molecule has 6 heteroatoms. The number of hydrogen-bond acceptors (Lipinski definition) is 5. The molecule has 0 aliphatic heterocycles. The summed E-state index contributed by atoms with van der Waals surface area (Å²) in [6.45, 7) is 4.44. The zero-order chi connectivity index (χ0) is 19.5. The lowest BCUT2D eigenvalue weighted by atomic mass is 10.1. The molecule has 6 nitrogen and oxygen atoms in total. The van der Waals surface area contributed by atoms with Crippen LogP contribution in [0.2, 0.25) is 0 Å². The fourth-order valence-electron chi connectivity index (χ4n) is 2.47. The summed E-state index contributed by atoms with van der Waals surface area (Å²) in [7, 11) is 1.58. The van der Waals surface area contributed by atoms with E-state index in [2.05, 4.69) is 17.4 Å². The van der Waals surface area contributed by atoms with E-state index in [1.165, 1.54) is 11.8 Å². The molecule has 0 saturated carbocycles. The third-order valence-electron chi connectivity index (χ3n) is 3.74. The van der Waals surface area contributed by atoms with E-state index in [0.717, 1.165) is 24.1 Å². The molecule has 0 spiro atoms. The van der Waals surface area contributed by atoms with Crippen molar-refractivity contribution in [2.75, 3.05) is 25.6 Å². The smallest absolute Gasteiger partial charge is 0.265 e. The summed E-state index contributed by atoms with van der Waals surface area (Å²) < 4.78 is 10.7. The molecule has 2 rings (SSSR count). The molecule has 0 aliphatic rings. The Balaban J connectivity index is 1.81. The van der Waals surface area contributed by atoms with Crippen molar-refractivity contribution in [2.24, 2.45) is 5.16 Å². The zero-order valence-corrected chi connectivity index (χ0v) is 16.0. The maximum Gasteiger partial charge on any atom is 0.265 e. The number of nitrogens with zero attached hydrogens (tertiary/aromatic N) is 1. The predicted molar refractivity (Wildman–Crippen MR) is 107 cm³/mol. The third-order valence-corrected chi connectivity index (χ3v) is 3.74. The van der Waals surface area contributed by atoms with E-state index in [9.17, 15) is 4.79 Å². The van der Waals surface area contributed by atoms with Crippen LogP contribution in [0.1, 0.15) is 31.4 Å². The number of anilines is 1. The first-order valence-corrected chi connectivity index (χ1v) is 9.01. The summed E-state index contributed by atoms with van der Waals surface area (Å²) in [5.74, 6) is 1.02. The molecule has 144 valence electrons. The highest BCUT2D eigenvalue weighted by Crippen LogP contribution is 2.27. The number of carbonyl (C=O) groups is 1. The SMILES string of the molecule is CCCc1ccc(NC(=O)CO/N=C/c2ccc(OCC)c(OC)c2)cc1. The van der Waals surface area contributed by atoms with Crippen LogP contribution in [-0.2, 0) is 16.1 Å². The zero-order valence-electron chi connectivity index (χ0n) is 16.0. The van der Waals surface area contributed by atoms with E-state index in [1.54, 1.807) is 19.2 Å². The van der Waals surface area contributed by atoms with Gasteiger partial charge in [-0.05, 0) is 49.2 Å². The number of benzene rings is 2. The molecular weight excluding hydrogens is 344 g/mol. The summed E-state index contributed by atoms with van der Waals surface area (Å²) in [4.78, 5) is 17.0. The van der Waals surface area contributed by atoms with Crippen molar-refractivity contribution >= 4 is 17.8 Å². The molecule has 0 fully saturated rings. The number of carbonyl (C=O) groups excluding carboxylic acids is 1. The van der Waals surface area contributed by atoms with Gasteiger partial charge in [0, 0.05) is 11.3 Å². The Morgan fingerprint density at radius 3 is 2.56 bits per heavy atom. The van der Waals surface area contributed by atoms with Crippen LogP contribution in [-0.4, -0.2) is 32.4 Å². The lowest BCUT2D eigenvalue weighted by molar-refractivity contribution is -0.120. The molecule has 0 aromatic heterocycles. The number of oxime groups is 1. The molecule has 0 heterocycles. The average Bonchev–Trinajstić information content (AvgIpc) is 2.68. The first-order valence-electron chi connectivity index (χ1n) is 9.01. The van der Waals surface area contributed by atoms with Gasteiger partial charge in [-0.2, -0.15) is 0 Å². The number of aryl methyl sites for hydroxylation is 1. The van der Waals surface area contributed by atoms with Gasteiger partial charge >= 0.3 is 0 Å². The van der Waals surface area contributed by atoms with Gasteiger partial charge in [-0.25, -0.2) is 0 Å². The van der Waals surface area contributed by atoms with Crippen LogP contribution in [0.3, 0.4) is 0 Å². The lowest BCUT2D eigenvalue weighted by Gasteiger charge is -2.09. The van der Waals surface area contributed by atoms with Gasteiger partial charge in [0.05, 0.1) is 19.9 Å². The second kappa shape index (κ2) is 10.9. The van der Waals surface area contributed by atoms with E-state index < -0.39 is 0 Å². The fraction of sp³-hybridized carbons (Fsp3) is 0.333. The van der Waals surface area contributed by atoms with E-state index >= 15 is 0 Å². The Hall–Kier alpha value is -3.02. The van der Waals surface area contributed by atoms with Gasteiger partial charge in [0.1, 0.15) is 0 Å². The van der Waals surface area contributed by atoms with Crippen LogP contribution in [0.4, 0.5) is 5.69 Å². The maximum absolute atomic E-state index is 11.9. The summed E-state index contributed by atoms with van der Waals surface area (Å²) in [5, 5.41) is 6.61. The van der Waals surface area contributed by atoms with E-state index in [1.807, 2.05) is 37.3 Å².